The zero-order valence-corrected chi connectivity index (χ0v) is 17.3. The summed E-state index contributed by atoms with van der Waals surface area (Å²) in [4.78, 5) is 11.4. The van der Waals surface area contributed by atoms with E-state index in [0.29, 0.717) is 46.1 Å². The number of carbonyl (C=O) groups is 1. The third-order valence-electron chi connectivity index (χ3n) is 3.28. The molecule has 27 heavy (non-hydrogen) atoms. The normalized spacial score (nSPS) is 11.2. The molecule has 0 aliphatic heterocycles. The molecule has 0 aliphatic carbocycles. The summed E-state index contributed by atoms with van der Waals surface area (Å²) in [5, 5.41) is 5.81. The minimum Gasteiger partial charge on any atom is -0.444 e. The average molecular weight is 387 g/mol. The fraction of sp³-hybridized carbons (Fsp3) is 0.850. The van der Waals surface area contributed by atoms with Crippen LogP contribution in [0.5, 0.6) is 0 Å². The van der Waals surface area contributed by atoms with Crippen LogP contribution in [0.2, 0.25) is 0 Å². The van der Waals surface area contributed by atoms with Gasteiger partial charge in [0.05, 0.1) is 39.6 Å². The van der Waals surface area contributed by atoms with Gasteiger partial charge in [0, 0.05) is 19.7 Å². The van der Waals surface area contributed by atoms with E-state index < -0.39 is 5.60 Å². The highest BCUT2D eigenvalue weighted by molar-refractivity contribution is 5.67. The lowest BCUT2D eigenvalue weighted by Crippen LogP contribution is -2.32. The molecule has 0 atom stereocenters. The van der Waals surface area contributed by atoms with Crippen LogP contribution in [0.3, 0.4) is 0 Å². The quantitative estimate of drug-likeness (QED) is 0.295. The topological polar surface area (TPSA) is 78.0 Å². The van der Waals surface area contributed by atoms with Gasteiger partial charge in [0.2, 0.25) is 0 Å². The molecular formula is C20H38N2O5. The SMILES string of the molecule is C#CCNCCOCCOCCOCCCCCCNC(=O)OC(C)(C)C. The molecule has 0 aromatic heterocycles. The summed E-state index contributed by atoms with van der Waals surface area (Å²) in [5.74, 6) is 2.51. The van der Waals surface area contributed by atoms with Gasteiger partial charge in [0.1, 0.15) is 5.60 Å². The lowest BCUT2D eigenvalue weighted by atomic mass is 10.2. The van der Waals surface area contributed by atoms with Gasteiger partial charge in [-0.3, -0.25) is 0 Å². The van der Waals surface area contributed by atoms with Crippen LogP contribution in [0.1, 0.15) is 46.5 Å². The van der Waals surface area contributed by atoms with Crippen LogP contribution in [-0.4, -0.2) is 71.0 Å². The van der Waals surface area contributed by atoms with Gasteiger partial charge in [0.25, 0.3) is 0 Å². The molecule has 0 spiro atoms. The maximum atomic E-state index is 11.4. The third kappa shape index (κ3) is 22.6. The predicted octanol–water partition coefficient (Wildman–Crippen LogP) is 2.34. The van der Waals surface area contributed by atoms with Crippen molar-refractivity contribution < 1.29 is 23.7 Å². The summed E-state index contributed by atoms with van der Waals surface area (Å²) in [7, 11) is 0. The summed E-state index contributed by atoms with van der Waals surface area (Å²) >= 11 is 0. The highest BCUT2D eigenvalue weighted by atomic mass is 16.6. The largest absolute Gasteiger partial charge is 0.444 e. The van der Waals surface area contributed by atoms with E-state index in [1.54, 1.807) is 0 Å². The fourth-order valence-corrected chi connectivity index (χ4v) is 2.03. The Labute approximate surface area is 164 Å². The molecular weight excluding hydrogens is 348 g/mol. The second-order valence-electron chi connectivity index (χ2n) is 7.06. The maximum absolute atomic E-state index is 11.4. The average Bonchev–Trinajstić information content (AvgIpc) is 2.59. The Morgan fingerprint density at radius 2 is 1.44 bits per heavy atom. The smallest absolute Gasteiger partial charge is 0.407 e. The molecule has 1 amide bonds. The number of amides is 1. The van der Waals surface area contributed by atoms with Crippen molar-refractivity contribution in [3.63, 3.8) is 0 Å². The lowest BCUT2D eigenvalue weighted by molar-refractivity contribution is 0.0145. The number of hydrogen-bond acceptors (Lipinski definition) is 6. The van der Waals surface area contributed by atoms with E-state index in [-0.39, 0.29) is 6.09 Å². The first kappa shape index (κ1) is 25.7. The van der Waals surface area contributed by atoms with Crippen LogP contribution in [0.4, 0.5) is 4.79 Å². The number of nitrogens with one attached hydrogen (secondary N) is 2. The van der Waals surface area contributed by atoms with Crippen molar-refractivity contribution in [3.05, 3.63) is 0 Å². The molecule has 0 radical (unpaired) electrons. The summed E-state index contributed by atoms with van der Waals surface area (Å²) < 4.78 is 21.5. The van der Waals surface area contributed by atoms with Crippen molar-refractivity contribution in [3.8, 4) is 12.3 Å². The number of terminal acetylenes is 1. The van der Waals surface area contributed by atoms with Crippen molar-refractivity contribution in [1.29, 1.82) is 0 Å². The molecule has 0 saturated heterocycles. The van der Waals surface area contributed by atoms with Crippen molar-refractivity contribution in [2.45, 2.75) is 52.1 Å². The van der Waals surface area contributed by atoms with Gasteiger partial charge in [-0.05, 0) is 33.6 Å². The highest BCUT2D eigenvalue weighted by Gasteiger charge is 2.15. The van der Waals surface area contributed by atoms with Gasteiger partial charge in [-0.25, -0.2) is 4.79 Å². The van der Waals surface area contributed by atoms with E-state index in [9.17, 15) is 4.79 Å². The van der Waals surface area contributed by atoms with Gasteiger partial charge in [0.15, 0.2) is 0 Å². The van der Waals surface area contributed by atoms with Gasteiger partial charge in [-0.15, -0.1) is 6.42 Å². The number of alkyl carbamates (subject to hydrolysis) is 1. The number of unbranched alkanes of at least 4 members (excludes halogenated alkanes) is 3. The van der Waals surface area contributed by atoms with E-state index in [1.807, 2.05) is 20.8 Å². The van der Waals surface area contributed by atoms with Crippen LogP contribution >= 0.6 is 0 Å². The Balaban J connectivity index is 3.13. The van der Waals surface area contributed by atoms with Crippen molar-refractivity contribution in [2.75, 3.05) is 59.3 Å². The second-order valence-corrected chi connectivity index (χ2v) is 7.06. The Morgan fingerprint density at radius 1 is 0.852 bits per heavy atom. The monoisotopic (exact) mass is 386 g/mol. The Kier molecular flexibility index (Phi) is 17.2. The second kappa shape index (κ2) is 18.1. The summed E-state index contributed by atoms with van der Waals surface area (Å²) in [6.07, 6.45) is 8.87. The van der Waals surface area contributed by atoms with E-state index in [2.05, 4.69) is 16.6 Å². The highest BCUT2D eigenvalue weighted by Crippen LogP contribution is 2.06. The summed E-state index contributed by atoms with van der Waals surface area (Å²) in [6.45, 7) is 11.2. The van der Waals surface area contributed by atoms with Crippen LogP contribution in [0.15, 0.2) is 0 Å². The van der Waals surface area contributed by atoms with E-state index in [4.69, 9.17) is 25.4 Å². The zero-order valence-electron chi connectivity index (χ0n) is 17.3. The Bertz CT molecular complexity index is 391. The zero-order chi connectivity index (χ0) is 20.2. The first-order valence-corrected chi connectivity index (χ1v) is 9.80. The Morgan fingerprint density at radius 3 is 2.07 bits per heavy atom. The van der Waals surface area contributed by atoms with Crippen LogP contribution in [0.25, 0.3) is 0 Å². The first-order valence-electron chi connectivity index (χ1n) is 9.80. The van der Waals surface area contributed by atoms with Gasteiger partial charge in [-0.1, -0.05) is 18.8 Å². The third-order valence-corrected chi connectivity index (χ3v) is 3.28. The van der Waals surface area contributed by atoms with Gasteiger partial charge >= 0.3 is 6.09 Å². The molecule has 0 bridgehead atoms. The van der Waals surface area contributed by atoms with Crippen LogP contribution in [-0.2, 0) is 18.9 Å². The van der Waals surface area contributed by atoms with Crippen molar-refractivity contribution in [1.82, 2.24) is 10.6 Å². The Hall–Kier alpha value is -1.33. The van der Waals surface area contributed by atoms with Gasteiger partial charge in [-0.2, -0.15) is 0 Å². The molecule has 0 saturated carbocycles. The molecule has 0 aliphatic rings. The maximum Gasteiger partial charge on any atom is 0.407 e. The lowest BCUT2D eigenvalue weighted by Gasteiger charge is -2.19. The van der Waals surface area contributed by atoms with E-state index >= 15 is 0 Å². The number of ether oxygens (including phenoxy) is 4. The minimum absolute atomic E-state index is 0.350. The molecule has 0 heterocycles. The van der Waals surface area contributed by atoms with Crippen molar-refractivity contribution >= 4 is 6.09 Å². The fourth-order valence-electron chi connectivity index (χ4n) is 2.03. The van der Waals surface area contributed by atoms with Gasteiger partial charge < -0.3 is 29.6 Å². The summed E-state index contributed by atoms with van der Waals surface area (Å²) in [6, 6.07) is 0. The summed E-state index contributed by atoms with van der Waals surface area (Å²) in [5.41, 5.74) is -0.446. The van der Waals surface area contributed by atoms with E-state index in [1.165, 1.54) is 0 Å². The predicted molar refractivity (Wildman–Crippen MR) is 107 cm³/mol. The molecule has 158 valence electrons. The first-order chi connectivity index (χ1) is 13.0. The molecule has 0 fully saturated rings. The molecule has 0 aromatic carbocycles. The molecule has 2 N–H and O–H groups in total. The number of rotatable bonds is 17. The molecule has 7 heteroatoms. The number of carbonyl (C=O) groups excluding carboxylic acids is 1. The molecule has 7 nitrogen and oxygen atoms in total. The van der Waals surface area contributed by atoms with Crippen molar-refractivity contribution in [2.24, 2.45) is 0 Å². The molecule has 0 rings (SSSR count). The molecule has 0 aromatic rings. The van der Waals surface area contributed by atoms with E-state index in [0.717, 1.165) is 38.8 Å². The standard InChI is InChI=1S/C20H38N2O5/c1-5-10-21-12-14-25-16-18-26-17-15-24-13-9-7-6-8-11-22-19(23)27-20(2,3)4/h1,21H,6-18H2,2-4H3,(H,22,23). The van der Waals surface area contributed by atoms with Crippen LogP contribution in [0, 0.1) is 12.3 Å². The van der Waals surface area contributed by atoms with Crippen LogP contribution < -0.4 is 10.6 Å². The number of hydrogen-bond donors (Lipinski definition) is 2. The minimum atomic E-state index is -0.446. The molecule has 0 unspecified atom stereocenters.